The van der Waals surface area contributed by atoms with E-state index in [4.69, 9.17) is 0 Å². The number of nitrogens with zero attached hydrogens (tertiary/aromatic N) is 1. The van der Waals surface area contributed by atoms with Crippen molar-refractivity contribution in [1.29, 1.82) is 0 Å². The van der Waals surface area contributed by atoms with Crippen LogP contribution in [0.15, 0.2) is 48.7 Å². The van der Waals surface area contributed by atoms with E-state index in [0.717, 1.165) is 18.5 Å². The monoisotopic (exact) mass is 197 g/mol. The van der Waals surface area contributed by atoms with Crippen molar-refractivity contribution in [2.24, 2.45) is 0 Å². The van der Waals surface area contributed by atoms with Crippen LogP contribution in [0.2, 0.25) is 0 Å². The average molecular weight is 197 g/mol. The standard InChI is InChI=1S/C14H15N/c1-2-12-8-9-15-14(10-12)11-13-6-4-3-5-7-13/h3-10H,2,11H2,1H3. The van der Waals surface area contributed by atoms with Crippen LogP contribution in [-0.4, -0.2) is 4.98 Å². The van der Waals surface area contributed by atoms with Gasteiger partial charge in [-0.3, -0.25) is 4.98 Å². The van der Waals surface area contributed by atoms with Gasteiger partial charge in [0.15, 0.2) is 0 Å². The quantitative estimate of drug-likeness (QED) is 0.736. The highest BCUT2D eigenvalue weighted by Gasteiger charge is 1.97. The molecule has 15 heavy (non-hydrogen) atoms. The third-order valence-electron chi connectivity index (χ3n) is 2.52. The Morgan fingerprint density at radius 2 is 1.80 bits per heavy atom. The molecular formula is C14H15N. The van der Waals surface area contributed by atoms with E-state index in [0.29, 0.717) is 0 Å². The van der Waals surface area contributed by atoms with Crippen molar-refractivity contribution >= 4 is 0 Å². The van der Waals surface area contributed by atoms with Crippen LogP contribution in [-0.2, 0) is 12.8 Å². The first-order chi connectivity index (χ1) is 7.38. The molecule has 1 heteroatoms. The van der Waals surface area contributed by atoms with Crippen molar-refractivity contribution < 1.29 is 0 Å². The predicted octanol–water partition coefficient (Wildman–Crippen LogP) is 3.23. The maximum Gasteiger partial charge on any atom is 0.0450 e. The highest BCUT2D eigenvalue weighted by atomic mass is 14.7. The number of rotatable bonds is 3. The predicted molar refractivity (Wildman–Crippen MR) is 62.9 cm³/mol. The van der Waals surface area contributed by atoms with Gasteiger partial charge in [-0.2, -0.15) is 0 Å². The van der Waals surface area contributed by atoms with Gasteiger partial charge in [0.2, 0.25) is 0 Å². The minimum absolute atomic E-state index is 0.925. The summed E-state index contributed by atoms with van der Waals surface area (Å²) < 4.78 is 0. The van der Waals surface area contributed by atoms with Crippen molar-refractivity contribution in [2.45, 2.75) is 19.8 Å². The van der Waals surface area contributed by atoms with Gasteiger partial charge in [-0.1, -0.05) is 37.3 Å². The summed E-state index contributed by atoms with van der Waals surface area (Å²) in [7, 11) is 0. The number of aromatic nitrogens is 1. The maximum atomic E-state index is 4.38. The molecule has 1 heterocycles. The topological polar surface area (TPSA) is 12.9 Å². The molecule has 0 saturated heterocycles. The van der Waals surface area contributed by atoms with Crippen LogP contribution in [0, 0.1) is 0 Å². The van der Waals surface area contributed by atoms with Gasteiger partial charge in [0.05, 0.1) is 0 Å². The van der Waals surface area contributed by atoms with Crippen LogP contribution >= 0.6 is 0 Å². The van der Waals surface area contributed by atoms with Gasteiger partial charge >= 0.3 is 0 Å². The van der Waals surface area contributed by atoms with Gasteiger partial charge in [-0.25, -0.2) is 0 Å². The van der Waals surface area contributed by atoms with Gasteiger partial charge in [0.25, 0.3) is 0 Å². The second-order valence-electron chi connectivity index (χ2n) is 3.67. The van der Waals surface area contributed by atoms with Crippen LogP contribution in [0.25, 0.3) is 0 Å². The smallest absolute Gasteiger partial charge is 0.0450 e. The normalized spacial score (nSPS) is 10.2. The Hall–Kier alpha value is -1.63. The lowest BCUT2D eigenvalue weighted by molar-refractivity contribution is 1.03. The van der Waals surface area contributed by atoms with E-state index in [2.05, 4.69) is 48.3 Å². The molecule has 0 saturated carbocycles. The lowest BCUT2D eigenvalue weighted by Crippen LogP contribution is -1.93. The van der Waals surface area contributed by atoms with Crippen LogP contribution in [0.5, 0.6) is 0 Å². The summed E-state index contributed by atoms with van der Waals surface area (Å²) in [5, 5.41) is 0. The Morgan fingerprint density at radius 3 is 2.53 bits per heavy atom. The average Bonchev–Trinajstić information content (AvgIpc) is 2.31. The fraction of sp³-hybridized carbons (Fsp3) is 0.214. The molecule has 0 fully saturated rings. The lowest BCUT2D eigenvalue weighted by atomic mass is 10.1. The van der Waals surface area contributed by atoms with E-state index in [1.807, 2.05) is 12.3 Å². The fourth-order valence-corrected chi connectivity index (χ4v) is 1.65. The first-order valence-corrected chi connectivity index (χ1v) is 5.36. The van der Waals surface area contributed by atoms with Crippen LogP contribution in [0.4, 0.5) is 0 Å². The number of hydrogen-bond acceptors (Lipinski definition) is 1. The summed E-state index contributed by atoms with van der Waals surface area (Å²) in [5.74, 6) is 0. The molecule has 1 aromatic heterocycles. The Kier molecular flexibility index (Phi) is 3.13. The van der Waals surface area contributed by atoms with Crippen molar-refractivity contribution in [1.82, 2.24) is 4.98 Å². The van der Waals surface area contributed by atoms with Crippen molar-refractivity contribution in [3.63, 3.8) is 0 Å². The van der Waals surface area contributed by atoms with Gasteiger partial charge in [-0.15, -0.1) is 0 Å². The molecule has 0 aliphatic rings. The largest absolute Gasteiger partial charge is 0.261 e. The number of aryl methyl sites for hydroxylation is 1. The molecule has 0 aliphatic carbocycles. The molecular weight excluding hydrogens is 182 g/mol. The first-order valence-electron chi connectivity index (χ1n) is 5.36. The minimum Gasteiger partial charge on any atom is -0.261 e. The third-order valence-corrected chi connectivity index (χ3v) is 2.52. The molecule has 0 radical (unpaired) electrons. The summed E-state index contributed by atoms with van der Waals surface area (Å²) in [6.45, 7) is 2.17. The van der Waals surface area contributed by atoms with Crippen LogP contribution in [0.1, 0.15) is 23.7 Å². The zero-order valence-electron chi connectivity index (χ0n) is 8.98. The number of benzene rings is 1. The van der Waals surface area contributed by atoms with Gasteiger partial charge in [-0.05, 0) is 29.7 Å². The second-order valence-corrected chi connectivity index (χ2v) is 3.67. The van der Waals surface area contributed by atoms with E-state index in [9.17, 15) is 0 Å². The Labute approximate surface area is 90.8 Å². The van der Waals surface area contributed by atoms with E-state index < -0.39 is 0 Å². The van der Waals surface area contributed by atoms with E-state index >= 15 is 0 Å². The Balaban J connectivity index is 2.17. The zero-order valence-corrected chi connectivity index (χ0v) is 8.98. The van der Waals surface area contributed by atoms with Gasteiger partial charge in [0, 0.05) is 18.3 Å². The fourth-order valence-electron chi connectivity index (χ4n) is 1.65. The van der Waals surface area contributed by atoms with E-state index in [1.54, 1.807) is 0 Å². The molecule has 0 aliphatic heterocycles. The molecule has 0 bridgehead atoms. The van der Waals surface area contributed by atoms with Crippen molar-refractivity contribution in [3.8, 4) is 0 Å². The van der Waals surface area contributed by atoms with Crippen LogP contribution in [0.3, 0.4) is 0 Å². The summed E-state index contributed by atoms with van der Waals surface area (Å²) in [5.41, 5.74) is 3.83. The number of pyridine rings is 1. The van der Waals surface area contributed by atoms with Crippen LogP contribution < -0.4 is 0 Å². The summed E-state index contributed by atoms with van der Waals surface area (Å²) in [6, 6.07) is 14.7. The minimum atomic E-state index is 0.925. The molecule has 0 atom stereocenters. The Morgan fingerprint density at radius 1 is 1.00 bits per heavy atom. The molecule has 0 unspecified atom stereocenters. The molecule has 0 N–H and O–H groups in total. The van der Waals surface area contributed by atoms with E-state index in [-0.39, 0.29) is 0 Å². The second kappa shape index (κ2) is 4.74. The third kappa shape index (κ3) is 2.66. The SMILES string of the molecule is CCc1ccnc(Cc2ccccc2)c1. The lowest BCUT2D eigenvalue weighted by Gasteiger charge is -2.02. The van der Waals surface area contributed by atoms with Gasteiger partial charge in [0.1, 0.15) is 0 Å². The molecule has 1 nitrogen and oxygen atoms in total. The number of hydrogen-bond donors (Lipinski definition) is 0. The molecule has 2 rings (SSSR count). The summed E-state index contributed by atoms with van der Waals surface area (Å²) in [6.07, 6.45) is 3.90. The molecule has 0 spiro atoms. The highest BCUT2D eigenvalue weighted by molar-refractivity contribution is 5.24. The highest BCUT2D eigenvalue weighted by Crippen LogP contribution is 2.08. The summed E-state index contributed by atoms with van der Waals surface area (Å²) >= 11 is 0. The van der Waals surface area contributed by atoms with Crippen molar-refractivity contribution in [2.75, 3.05) is 0 Å². The van der Waals surface area contributed by atoms with E-state index in [1.165, 1.54) is 11.1 Å². The summed E-state index contributed by atoms with van der Waals surface area (Å²) in [4.78, 5) is 4.38. The van der Waals surface area contributed by atoms with Crippen molar-refractivity contribution in [3.05, 3.63) is 65.5 Å². The first kappa shape index (κ1) is 9.91. The molecule has 2 aromatic rings. The molecule has 76 valence electrons. The Bertz CT molecular complexity index is 420. The molecule has 1 aromatic carbocycles. The molecule has 0 amide bonds. The van der Waals surface area contributed by atoms with Gasteiger partial charge < -0.3 is 0 Å². The zero-order chi connectivity index (χ0) is 10.5. The maximum absolute atomic E-state index is 4.38.